The summed E-state index contributed by atoms with van der Waals surface area (Å²) in [6, 6.07) is 19.9. The standard InChI is InChI=1S/C28H31NO5/c1-19(2)26-13-21-12-22(33-16-20-6-4-3-5-7-20)8-9-25(21)27-14-23(15-28(30)29(26)27)34-18-24-17-31-10-11-32-24/h3-9,12,14-15,19,24,26H,10-11,13,16-18H2,1-2H3/t24-,26?/m0/s1. The maximum absolute atomic E-state index is 13.2. The fourth-order valence-corrected chi connectivity index (χ4v) is 4.68. The molecular formula is C28H31NO5. The van der Waals surface area contributed by atoms with Gasteiger partial charge in [-0.15, -0.1) is 0 Å². The van der Waals surface area contributed by atoms with Crippen molar-refractivity contribution in [2.45, 2.75) is 39.0 Å². The van der Waals surface area contributed by atoms with E-state index < -0.39 is 0 Å². The van der Waals surface area contributed by atoms with Crippen LogP contribution in [-0.4, -0.2) is 37.1 Å². The zero-order valence-electron chi connectivity index (χ0n) is 19.7. The summed E-state index contributed by atoms with van der Waals surface area (Å²) >= 11 is 0. The number of hydrogen-bond donors (Lipinski definition) is 0. The van der Waals surface area contributed by atoms with E-state index in [4.69, 9.17) is 18.9 Å². The maximum Gasteiger partial charge on any atom is 0.254 e. The topological polar surface area (TPSA) is 58.9 Å². The summed E-state index contributed by atoms with van der Waals surface area (Å²) in [6.07, 6.45) is 0.670. The van der Waals surface area contributed by atoms with Gasteiger partial charge in [0, 0.05) is 23.7 Å². The van der Waals surface area contributed by atoms with Crippen molar-refractivity contribution in [3.05, 3.63) is 82.1 Å². The van der Waals surface area contributed by atoms with Gasteiger partial charge in [0.05, 0.1) is 25.5 Å². The molecule has 3 aromatic rings. The third-order valence-corrected chi connectivity index (χ3v) is 6.49. The molecule has 2 aromatic carbocycles. The molecule has 2 atom stereocenters. The van der Waals surface area contributed by atoms with Crippen molar-refractivity contribution in [2.75, 3.05) is 26.4 Å². The number of hydrogen-bond acceptors (Lipinski definition) is 5. The van der Waals surface area contributed by atoms with Crippen molar-refractivity contribution < 1.29 is 18.9 Å². The van der Waals surface area contributed by atoms with Crippen molar-refractivity contribution in [2.24, 2.45) is 5.92 Å². The Hall–Kier alpha value is -3.09. The number of ether oxygens (including phenoxy) is 4. The van der Waals surface area contributed by atoms with E-state index >= 15 is 0 Å². The van der Waals surface area contributed by atoms with Gasteiger partial charge in [0.2, 0.25) is 0 Å². The molecule has 1 aromatic heterocycles. The first kappa shape index (κ1) is 22.7. The number of fused-ring (bicyclic) bond motifs is 3. The van der Waals surface area contributed by atoms with Crippen molar-refractivity contribution in [3.8, 4) is 22.8 Å². The molecule has 0 amide bonds. The van der Waals surface area contributed by atoms with Gasteiger partial charge in [-0.05, 0) is 41.7 Å². The third kappa shape index (κ3) is 4.88. The average molecular weight is 462 g/mol. The highest BCUT2D eigenvalue weighted by molar-refractivity contribution is 5.68. The van der Waals surface area contributed by atoms with E-state index in [1.54, 1.807) is 6.07 Å². The predicted molar refractivity (Wildman–Crippen MR) is 131 cm³/mol. The number of benzene rings is 2. The Morgan fingerprint density at radius 1 is 1.00 bits per heavy atom. The maximum atomic E-state index is 13.2. The van der Waals surface area contributed by atoms with Gasteiger partial charge in [0.25, 0.3) is 5.56 Å². The van der Waals surface area contributed by atoms with Crippen molar-refractivity contribution in [1.82, 2.24) is 4.57 Å². The number of pyridine rings is 1. The Labute approximate surface area is 200 Å². The van der Waals surface area contributed by atoms with Crippen LogP contribution in [0.15, 0.2) is 65.5 Å². The minimum absolute atomic E-state index is 0.0398. The van der Waals surface area contributed by atoms with Crippen molar-refractivity contribution in [3.63, 3.8) is 0 Å². The summed E-state index contributed by atoms with van der Waals surface area (Å²) in [4.78, 5) is 13.2. The first-order valence-corrected chi connectivity index (χ1v) is 12.0. The summed E-state index contributed by atoms with van der Waals surface area (Å²) in [6.45, 7) is 6.89. The first-order chi connectivity index (χ1) is 16.6. The van der Waals surface area contributed by atoms with E-state index in [-0.39, 0.29) is 17.7 Å². The smallest absolute Gasteiger partial charge is 0.254 e. The molecule has 1 fully saturated rings. The van der Waals surface area contributed by atoms with E-state index in [1.165, 1.54) is 5.56 Å². The van der Waals surface area contributed by atoms with Gasteiger partial charge in [-0.2, -0.15) is 0 Å². The highest BCUT2D eigenvalue weighted by Crippen LogP contribution is 2.39. The second-order valence-corrected chi connectivity index (χ2v) is 9.27. The lowest BCUT2D eigenvalue weighted by Gasteiger charge is -2.33. The molecule has 2 aliphatic heterocycles. The zero-order valence-corrected chi connectivity index (χ0v) is 19.7. The Kier molecular flexibility index (Phi) is 6.70. The van der Waals surface area contributed by atoms with Crippen LogP contribution in [0.5, 0.6) is 11.5 Å². The predicted octanol–water partition coefficient (Wildman–Crippen LogP) is 4.64. The molecule has 5 rings (SSSR count). The second-order valence-electron chi connectivity index (χ2n) is 9.27. The molecule has 0 aliphatic carbocycles. The van der Waals surface area contributed by atoms with Gasteiger partial charge in [-0.3, -0.25) is 4.79 Å². The van der Waals surface area contributed by atoms with E-state index in [0.717, 1.165) is 29.0 Å². The summed E-state index contributed by atoms with van der Waals surface area (Å²) in [5.41, 5.74) is 4.21. The lowest BCUT2D eigenvalue weighted by Crippen LogP contribution is -2.35. The van der Waals surface area contributed by atoms with Gasteiger partial charge >= 0.3 is 0 Å². The first-order valence-electron chi connectivity index (χ1n) is 12.0. The summed E-state index contributed by atoms with van der Waals surface area (Å²) < 4.78 is 25.1. The van der Waals surface area contributed by atoms with Crippen LogP contribution in [0.2, 0.25) is 0 Å². The molecule has 1 saturated heterocycles. The second kappa shape index (κ2) is 10.0. The van der Waals surface area contributed by atoms with Gasteiger partial charge < -0.3 is 23.5 Å². The molecule has 6 nitrogen and oxygen atoms in total. The van der Waals surface area contributed by atoms with Gasteiger partial charge in [0.15, 0.2) is 0 Å². The van der Waals surface area contributed by atoms with Gasteiger partial charge in [0.1, 0.15) is 30.8 Å². The SMILES string of the molecule is CC(C)C1Cc2cc(OCc3ccccc3)ccc2-c2cc(OC[C@@H]3COCCO3)cc(=O)n21. The highest BCUT2D eigenvalue weighted by Gasteiger charge is 2.28. The van der Waals surface area contributed by atoms with Crippen LogP contribution in [0.4, 0.5) is 0 Å². The molecule has 3 heterocycles. The third-order valence-electron chi connectivity index (χ3n) is 6.49. The lowest BCUT2D eigenvalue weighted by molar-refractivity contribution is -0.101. The Morgan fingerprint density at radius 2 is 1.85 bits per heavy atom. The molecule has 0 spiro atoms. The van der Waals surface area contributed by atoms with Crippen LogP contribution >= 0.6 is 0 Å². The van der Waals surface area contributed by atoms with E-state index in [0.29, 0.717) is 44.7 Å². The Morgan fingerprint density at radius 3 is 2.62 bits per heavy atom. The molecule has 0 N–H and O–H groups in total. The Balaban J connectivity index is 1.42. The Bertz CT molecular complexity index is 1180. The van der Waals surface area contributed by atoms with E-state index in [1.807, 2.05) is 34.9 Å². The summed E-state index contributed by atoms with van der Waals surface area (Å²) in [7, 11) is 0. The average Bonchev–Trinajstić information content (AvgIpc) is 2.86. The monoisotopic (exact) mass is 461 g/mol. The molecule has 1 unspecified atom stereocenters. The molecule has 34 heavy (non-hydrogen) atoms. The summed E-state index contributed by atoms with van der Waals surface area (Å²) in [5.74, 6) is 1.70. The fourth-order valence-electron chi connectivity index (χ4n) is 4.68. The van der Waals surface area contributed by atoms with Crippen LogP contribution < -0.4 is 15.0 Å². The van der Waals surface area contributed by atoms with E-state index in [2.05, 4.69) is 38.1 Å². The van der Waals surface area contributed by atoms with Crippen LogP contribution in [0, 0.1) is 5.92 Å². The quantitative estimate of drug-likeness (QED) is 0.513. The molecule has 0 bridgehead atoms. The van der Waals surface area contributed by atoms with Gasteiger partial charge in [-0.25, -0.2) is 0 Å². The molecule has 2 aliphatic rings. The number of aromatic nitrogens is 1. The zero-order chi connectivity index (χ0) is 23.5. The summed E-state index contributed by atoms with van der Waals surface area (Å²) in [5, 5.41) is 0. The molecule has 6 heteroatoms. The lowest BCUT2D eigenvalue weighted by atomic mass is 9.87. The van der Waals surface area contributed by atoms with E-state index in [9.17, 15) is 4.79 Å². The van der Waals surface area contributed by atoms with Crippen LogP contribution in [-0.2, 0) is 22.5 Å². The molecule has 0 radical (unpaired) electrons. The largest absolute Gasteiger partial charge is 0.491 e. The van der Waals surface area contributed by atoms with Crippen molar-refractivity contribution >= 4 is 0 Å². The fraction of sp³-hybridized carbons (Fsp3) is 0.393. The number of rotatable bonds is 7. The van der Waals surface area contributed by atoms with Gasteiger partial charge in [-0.1, -0.05) is 44.2 Å². The minimum Gasteiger partial charge on any atom is -0.491 e. The molecular weight excluding hydrogens is 430 g/mol. The molecule has 178 valence electrons. The highest BCUT2D eigenvalue weighted by atomic mass is 16.6. The van der Waals surface area contributed by atoms with Crippen LogP contribution in [0.25, 0.3) is 11.3 Å². The minimum atomic E-state index is -0.118. The molecule has 0 saturated carbocycles. The van der Waals surface area contributed by atoms with Crippen LogP contribution in [0.1, 0.15) is 31.0 Å². The van der Waals surface area contributed by atoms with Crippen molar-refractivity contribution in [1.29, 1.82) is 0 Å². The van der Waals surface area contributed by atoms with Crippen LogP contribution in [0.3, 0.4) is 0 Å². The number of nitrogens with zero attached hydrogens (tertiary/aromatic N) is 1. The normalized spacial score (nSPS) is 19.4.